The minimum atomic E-state index is -3.97. The van der Waals surface area contributed by atoms with E-state index in [0.29, 0.717) is 36.5 Å². The minimum Gasteiger partial charge on any atom is -0.326 e. The minimum absolute atomic E-state index is 0.0109. The monoisotopic (exact) mass is 539 g/mol. The zero-order chi connectivity index (χ0) is 27.0. The van der Waals surface area contributed by atoms with E-state index >= 15 is 0 Å². The summed E-state index contributed by atoms with van der Waals surface area (Å²) in [5, 5.41) is 7.09. The van der Waals surface area contributed by atoms with Gasteiger partial charge in [0.2, 0.25) is 21.8 Å². The lowest BCUT2D eigenvalue weighted by atomic mass is 9.99. The van der Waals surface area contributed by atoms with E-state index in [0.717, 1.165) is 17.7 Å². The smallest absolute Gasteiger partial charge is 0.248 e. The third kappa shape index (κ3) is 4.95. The highest BCUT2D eigenvalue weighted by Gasteiger charge is 2.37. The molecule has 200 valence electrons. The first-order chi connectivity index (χ1) is 18.1. The fraction of sp³-hybridized carbons (Fsp3) is 0.370. The molecule has 1 fully saturated rings. The van der Waals surface area contributed by atoms with E-state index in [9.17, 15) is 22.4 Å². The van der Waals surface area contributed by atoms with Crippen LogP contribution in [0.2, 0.25) is 0 Å². The van der Waals surface area contributed by atoms with Crippen LogP contribution in [0.1, 0.15) is 29.8 Å². The maximum atomic E-state index is 13.7. The number of benzene rings is 2. The van der Waals surface area contributed by atoms with Gasteiger partial charge < -0.3 is 10.2 Å². The van der Waals surface area contributed by atoms with Gasteiger partial charge in [-0.1, -0.05) is 24.3 Å². The number of nitrogens with zero attached hydrogens (tertiary/aromatic N) is 4. The van der Waals surface area contributed by atoms with Crippen LogP contribution in [0.25, 0.3) is 0 Å². The molecule has 2 amide bonds. The lowest BCUT2D eigenvalue weighted by Crippen LogP contribution is -2.44. The zero-order valence-electron chi connectivity index (χ0n) is 21.4. The third-order valence-corrected chi connectivity index (χ3v) is 9.35. The van der Waals surface area contributed by atoms with Crippen molar-refractivity contribution in [2.24, 2.45) is 5.92 Å². The number of halogens is 1. The number of carbonyl (C=O) groups excluding carboxylic acids is 2. The number of aromatic nitrogens is 2. The normalized spacial score (nSPS) is 17.9. The van der Waals surface area contributed by atoms with Crippen molar-refractivity contribution in [3.8, 4) is 0 Å². The van der Waals surface area contributed by atoms with Gasteiger partial charge in [0.15, 0.2) is 0 Å². The van der Waals surface area contributed by atoms with Gasteiger partial charge in [-0.3, -0.25) is 14.3 Å². The van der Waals surface area contributed by atoms with Crippen LogP contribution in [-0.4, -0.2) is 54.0 Å². The Kier molecular flexibility index (Phi) is 7.06. The second kappa shape index (κ2) is 10.3. The molecule has 1 atom stereocenters. The Morgan fingerprint density at radius 1 is 1.11 bits per heavy atom. The molecule has 5 rings (SSSR count). The number of carbonyl (C=O) groups is 2. The predicted molar refractivity (Wildman–Crippen MR) is 141 cm³/mol. The van der Waals surface area contributed by atoms with E-state index < -0.39 is 21.8 Å². The van der Waals surface area contributed by atoms with E-state index in [1.165, 1.54) is 27.2 Å². The van der Waals surface area contributed by atoms with Crippen molar-refractivity contribution >= 4 is 33.2 Å². The van der Waals surface area contributed by atoms with Gasteiger partial charge >= 0.3 is 0 Å². The predicted octanol–water partition coefficient (Wildman–Crippen LogP) is 3.27. The topological polar surface area (TPSA) is 105 Å². The number of sulfonamides is 1. The Bertz CT molecular complexity index is 1500. The van der Waals surface area contributed by atoms with Gasteiger partial charge in [0, 0.05) is 31.0 Å². The van der Waals surface area contributed by atoms with Crippen LogP contribution >= 0.6 is 0 Å². The molecular formula is C27H30FN5O4S. The van der Waals surface area contributed by atoms with Crippen molar-refractivity contribution < 1.29 is 22.4 Å². The molecule has 1 aromatic heterocycles. The molecule has 3 heterocycles. The van der Waals surface area contributed by atoms with E-state index in [2.05, 4.69) is 10.4 Å². The van der Waals surface area contributed by atoms with Crippen LogP contribution < -0.4 is 10.2 Å². The molecule has 0 spiro atoms. The van der Waals surface area contributed by atoms with Crippen molar-refractivity contribution in [1.82, 2.24) is 14.1 Å². The number of aryl methyl sites for hydroxylation is 1. The number of hydrogen-bond acceptors (Lipinski definition) is 5. The van der Waals surface area contributed by atoms with Crippen LogP contribution in [0.5, 0.6) is 0 Å². The summed E-state index contributed by atoms with van der Waals surface area (Å²) in [5.41, 5.74) is 3.01. The lowest BCUT2D eigenvalue weighted by Gasteiger charge is -2.31. The van der Waals surface area contributed by atoms with Gasteiger partial charge in [0.1, 0.15) is 17.3 Å². The Balaban J connectivity index is 1.32. The van der Waals surface area contributed by atoms with Crippen molar-refractivity contribution in [1.29, 1.82) is 0 Å². The van der Waals surface area contributed by atoms with Gasteiger partial charge in [-0.15, -0.1) is 0 Å². The number of rotatable bonds is 6. The molecule has 0 unspecified atom stereocenters. The van der Waals surface area contributed by atoms with Gasteiger partial charge in [-0.25, -0.2) is 12.8 Å². The maximum absolute atomic E-state index is 13.7. The SMILES string of the molecule is Cc1nn(CC(=O)N2CCc3ccccc32)c(C)c1S(=O)(=O)N1CCC[C@H](C(=O)Nc2cccc(F)c2)C1. The Morgan fingerprint density at radius 3 is 2.68 bits per heavy atom. The molecule has 9 nitrogen and oxygen atoms in total. The summed E-state index contributed by atoms with van der Waals surface area (Å²) >= 11 is 0. The average molecular weight is 540 g/mol. The first-order valence-electron chi connectivity index (χ1n) is 12.6. The highest BCUT2D eigenvalue weighted by atomic mass is 32.2. The number of piperidine rings is 1. The molecule has 38 heavy (non-hydrogen) atoms. The summed E-state index contributed by atoms with van der Waals surface area (Å²) < 4.78 is 43.7. The molecule has 3 aromatic rings. The number of hydrogen-bond donors (Lipinski definition) is 1. The molecule has 0 radical (unpaired) electrons. The Morgan fingerprint density at radius 2 is 1.89 bits per heavy atom. The summed E-state index contributed by atoms with van der Waals surface area (Å²) in [7, 11) is -3.97. The number of anilines is 2. The van der Waals surface area contributed by atoms with Crippen molar-refractivity contribution in [3.05, 3.63) is 71.3 Å². The molecule has 1 saturated heterocycles. The Hall–Kier alpha value is -3.57. The first-order valence-corrected chi connectivity index (χ1v) is 14.1. The molecule has 2 aliphatic rings. The first kappa shape index (κ1) is 26.1. The number of nitrogens with one attached hydrogen (secondary N) is 1. The second-order valence-electron chi connectivity index (χ2n) is 9.78. The van der Waals surface area contributed by atoms with Gasteiger partial charge in [-0.2, -0.15) is 9.40 Å². The summed E-state index contributed by atoms with van der Waals surface area (Å²) in [6, 6.07) is 13.3. The van der Waals surface area contributed by atoms with Crippen LogP contribution in [0.15, 0.2) is 53.4 Å². The van der Waals surface area contributed by atoms with Gasteiger partial charge in [-0.05, 0) is 62.9 Å². The van der Waals surface area contributed by atoms with E-state index in [-0.39, 0.29) is 36.3 Å². The standard InChI is InChI=1S/C27H30FN5O4S/c1-18-26(19(2)33(30-18)17-25(34)32-14-12-20-7-3-4-11-24(20)32)38(36,37)31-13-6-8-21(16-31)27(35)29-23-10-5-9-22(28)15-23/h3-5,7,9-11,15,21H,6,8,12-14,16-17H2,1-2H3,(H,29,35)/t21-/m0/s1. The molecule has 11 heteroatoms. The molecule has 0 saturated carbocycles. The summed E-state index contributed by atoms with van der Waals surface area (Å²) in [6.07, 6.45) is 1.82. The van der Waals surface area contributed by atoms with Crippen molar-refractivity contribution in [2.75, 3.05) is 29.9 Å². The summed E-state index contributed by atoms with van der Waals surface area (Å²) in [6.45, 7) is 4.06. The zero-order valence-corrected chi connectivity index (χ0v) is 22.2. The number of fused-ring (bicyclic) bond motifs is 1. The van der Waals surface area contributed by atoms with Crippen LogP contribution in [-0.2, 0) is 32.6 Å². The van der Waals surface area contributed by atoms with Crippen LogP contribution in [0.4, 0.5) is 15.8 Å². The molecule has 2 aliphatic heterocycles. The number of para-hydroxylation sites is 1. The average Bonchev–Trinajstić information content (AvgIpc) is 3.44. The lowest BCUT2D eigenvalue weighted by molar-refractivity contribution is -0.121. The molecule has 1 N–H and O–H groups in total. The quantitative estimate of drug-likeness (QED) is 0.518. The van der Waals surface area contributed by atoms with Crippen molar-refractivity contribution in [3.63, 3.8) is 0 Å². The van der Waals surface area contributed by atoms with Crippen LogP contribution in [0.3, 0.4) is 0 Å². The van der Waals surface area contributed by atoms with E-state index in [1.807, 2.05) is 24.3 Å². The van der Waals surface area contributed by atoms with E-state index in [4.69, 9.17) is 0 Å². The second-order valence-corrected chi connectivity index (χ2v) is 11.7. The maximum Gasteiger partial charge on any atom is 0.248 e. The third-order valence-electron chi connectivity index (χ3n) is 7.23. The van der Waals surface area contributed by atoms with E-state index in [1.54, 1.807) is 24.8 Å². The Labute approximate surface area is 221 Å². The summed E-state index contributed by atoms with van der Waals surface area (Å²) in [5.74, 6) is -1.55. The molecular weight excluding hydrogens is 509 g/mol. The largest absolute Gasteiger partial charge is 0.326 e. The summed E-state index contributed by atoms with van der Waals surface area (Å²) in [4.78, 5) is 27.8. The fourth-order valence-corrected chi connectivity index (χ4v) is 7.23. The fourth-order valence-electron chi connectivity index (χ4n) is 5.33. The van der Waals surface area contributed by atoms with Crippen molar-refractivity contribution in [2.45, 2.75) is 44.6 Å². The molecule has 2 aromatic carbocycles. The molecule has 0 bridgehead atoms. The van der Waals surface area contributed by atoms with Gasteiger partial charge in [0.25, 0.3) is 0 Å². The highest BCUT2D eigenvalue weighted by molar-refractivity contribution is 7.89. The number of amides is 2. The molecule has 0 aliphatic carbocycles. The highest BCUT2D eigenvalue weighted by Crippen LogP contribution is 2.30. The van der Waals surface area contributed by atoms with Crippen LogP contribution in [0, 0.1) is 25.6 Å². The van der Waals surface area contributed by atoms with Gasteiger partial charge in [0.05, 0.1) is 17.3 Å².